The standard InChI is InChI=1S/C14H20ClNO/c1-2-12-5-3-4-6-13(12)17-10-11-7-8-14(15)16-9-11/h7-9,12-13H,2-6,10H2,1H3. The first-order valence-corrected chi connectivity index (χ1v) is 6.89. The van der Waals surface area contributed by atoms with E-state index in [1.54, 1.807) is 6.20 Å². The SMILES string of the molecule is CCC1CCCCC1OCc1ccc(Cl)nc1. The highest BCUT2D eigenvalue weighted by Crippen LogP contribution is 2.29. The summed E-state index contributed by atoms with van der Waals surface area (Å²) in [6.45, 7) is 2.92. The van der Waals surface area contributed by atoms with Crippen LogP contribution in [0.15, 0.2) is 18.3 Å². The molecule has 0 saturated heterocycles. The first-order chi connectivity index (χ1) is 8.29. The van der Waals surface area contributed by atoms with E-state index in [1.165, 1.54) is 32.1 Å². The minimum absolute atomic E-state index is 0.435. The number of rotatable bonds is 4. The van der Waals surface area contributed by atoms with Gasteiger partial charge in [-0.1, -0.05) is 43.9 Å². The molecule has 94 valence electrons. The van der Waals surface area contributed by atoms with Crippen LogP contribution in [0.1, 0.15) is 44.6 Å². The molecule has 1 aliphatic carbocycles. The molecule has 1 heterocycles. The van der Waals surface area contributed by atoms with Gasteiger partial charge in [0.05, 0.1) is 12.7 Å². The van der Waals surface area contributed by atoms with Crippen LogP contribution < -0.4 is 0 Å². The molecule has 1 fully saturated rings. The van der Waals surface area contributed by atoms with Gasteiger partial charge in [0.15, 0.2) is 0 Å². The first kappa shape index (κ1) is 12.8. The van der Waals surface area contributed by atoms with Crippen molar-refractivity contribution in [2.75, 3.05) is 0 Å². The lowest BCUT2D eigenvalue weighted by Gasteiger charge is -2.30. The third-order valence-electron chi connectivity index (χ3n) is 3.62. The van der Waals surface area contributed by atoms with Crippen molar-refractivity contribution in [1.29, 1.82) is 0 Å². The third-order valence-corrected chi connectivity index (χ3v) is 3.84. The van der Waals surface area contributed by atoms with Crippen LogP contribution in [0, 0.1) is 5.92 Å². The number of pyridine rings is 1. The Hall–Kier alpha value is -0.600. The van der Waals surface area contributed by atoms with Crippen molar-refractivity contribution in [2.45, 2.75) is 51.7 Å². The minimum atomic E-state index is 0.435. The van der Waals surface area contributed by atoms with Crippen LogP contribution in [0.3, 0.4) is 0 Å². The van der Waals surface area contributed by atoms with E-state index in [2.05, 4.69) is 11.9 Å². The summed E-state index contributed by atoms with van der Waals surface area (Å²) in [5.74, 6) is 0.740. The van der Waals surface area contributed by atoms with E-state index in [1.807, 2.05) is 12.1 Å². The molecule has 1 aromatic heterocycles. The second-order valence-electron chi connectivity index (χ2n) is 4.79. The molecule has 0 amide bonds. The summed E-state index contributed by atoms with van der Waals surface area (Å²) < 4.78 is 6.03. The predicted octanol–water partition coefficient (Wildman–Crippen LogP) is 4.22. The fourth-order valence-corrected chi connectivity index (χ4v) is 2.67. The van der Waals surface area contributed by atoms with E-state index in [-0.39, 0.29) is 0 Å². The van der Waals surface area contributed by atoms with E-state index in [0.717, 1.165) is 11.5 Å². The van der Waals surface area contributed by atoms with Gasteiger partial charge in [-0.15, -0.1) is 0 Å². The van der Waals surface area contributed by atoms with Crippen molar-refractivity contribution in [2.24, 2.45) is 5.92 Å². The molecule has 0 N–H and O–H groups in total. The number of halogens is 1. The molecule has 2 unspecified atom stereocenters. The van der Waals surface area contributed by atoms with Gasteiger partial charge in [-0.2, -0.15) is 0 Å². The molecule has 0 bridgehead atoms. The molecule has 1 aliphatic rings. The van der Waals surface area contributed by atoms with Gasteiger partial charge in [0.25, 0.3) is 0 Å². The molecule has 2 atom stereocenters. The summed E-state index contributed by atoms with van der Waals surface area (Å²) >= 11 is 5.75. The Morgan fingerprint density at radius 2 is 2.18 bits per heavy atom. The molecule has 2 rings (SSSR count). The molecule has 0 radical (unpaired) electrons. The van der Waals surface area contributed by atoms with Crippen molar-refractivity contribution in [3.63, 3.8) is 0 Å². The zero-order valence-electron chi connectivity index (χ0n) is 10.4. The van der Waals surface area contributed by atoms with Gasteiger partial charge in [0.1, 0.15) is 5.15 Å². The average molecular weight is 254 g/mol. The molecule has 0 aliphatic heterocycles. The number of aromatic nitrogens is 1. The molecule has 0 spiro atoms. The van der Waals surface area contributed by atoms with Gasteiger partial charge < -0.3 is 4.74 Å². The van der Waals surface area contributed by atoms with Crippen LogP contribution in [0.2, 0.25) is 5.15 Å². The maximum atomic E-state index is 6.03. The van der Waals surface area contributed by atoms with Crippen LogP contribution in [0.5, 0.6) is 0 Å². The van der Waals surface area contributed by atoms with Crippen molar-refractivity contribution >= 4 is 11.6 Å². The second kappa shape index (κ2) is 6.36. The largest absolute Gasteiger partial charge is 0.373 e. The molecular formula is C14H20ClNO. The monoisotopic (exact) mass is 253 g/mol. The molecule has 0 aromatic carbocycles. The van der Waals surface area contributed by atoms with Crippen LogP contribution in [0.25, 0.3) is 0 Å². The van der Waals surface area contributed by atoms with Gasteiger partial charge >= 0.3 is 0 Å². The van der Waals surface area contributed by atoms with E-state index in [9.17, 15) is 0 Å². The zero-order chi connectivity index (χ0) is 12.1. The lowest BCUT2D eigenvalue weighted by Crippen LogP contribution is -2.27. The van der Waals surface area contributed by atoms with Crippen LogP contribution in [-0.4, -0.2) is 11.1 Å². The number of nitrogens with zero attached hydrogens (tertiary/aromatic N) is 1. The fourth-order valence-electron chi connectivity index (χ4n) is 2.56. The van der Waals surface area contributed by atoms with E-state index in [4.69, 9.17) is 16.3 Å². The Balaban J connectivity index is 1.86. The highest BCUT2D eigenvalue weighted by Gasteiger charge is 2.24. The lowest BCUT2D eigenvalue weighted by molar-refractivity contribution is -0.0222. The van der Waals surface area contributed by atoms with Gasteiger partial charge in [-0.3, -0.25) is 0 Å². The van der Waals surface area contributed by atoms with E-state index < -0.39 is 0 Å². The Morgan fingerprint density at radius 3 is 2.88 bits per heavy atom. The predicted molar refractivity (Wildman–Crippen MR) is 70.1 cm³/mol. The Kier molecular flexibility index (Phi) is 4.81. The van der Waals surface area contributed by atoms with Gasteiger partial charge in [-0.05, 0) is 30.4 Å². The van der Waals surface area contributed by atoms with Crippen molar-refractivity contribution in [3.8, 4) is 0 Å². The molecule has 2 nitrogen and oxygen atoms in total. The maximum absolute atomic E-state index is 6.03. The minimum Gasteiger partial charge on any atom is -0.373 e. The van der Waals surface area contributed by atoms with Crippen molar-refractivity contribution < 1.29 is 4.74 Å². The zero-order valence-corrected chi connectivity index (χ0v) is 11.1. The Bertz CT molecular complexity index is 339. The van der Waals surface area contributed by atoms with Crippen molar-refractivity contribution in [3.05, 3.63) is 29.0 Å². The number of ether oxygens (including phenoxy) is 1. The second-order valence-corrected chi connectivity index (χ2v) is 5.18. The molecule has 1 saturated carbocycles. The van der Waals surface area contributed by atoms with Crippen LogP contribution in [-0.2, 0) is 11.3 Å². The highest BCUT2D eigenvalue weighted by molar-refractivity contribution is 6.29. The average Bonchev–Trinajstić information content (AvgIpc) is 2.38. The highest BCUT2D eigenvalue weighted by atomic mass is 35.5. The molecule has 1 aromatic rings. The quantitative estimate of drug-likeness (QED) is 0.750. The fraction of sp³-hybridized carbons (Fsp3) is 0.643. The summed E-state index contributed by atoms with van der Waals surface area (Å²) in [6.07, 6.45) is 8.65. The molecule has 3 heteroatoms. The van der Waals surface area contributed by atoms with Gasteiger partial charge in [0, 0.05) is 6.20 Å². The summed E-state index contributed by atoms with van der Waals surface area (Å²) in [5.41, 5.74) is 1.11. The molecular weight excluding hydrogens is 234 g/mol. The number of hydrogen-bond acceptors (Lipinski definition) is 2. The normalized spacial score (nSPS) is 24.8. The Morgan fingerprint density at radius 1 is 1.35 bits per heavy atom. The smallest absolute Gasteiger partial charge is 0.129 e. The first-order valence-electron chi connectivity index (χ1n) is 6.51. The van der Waals surface area contributed by atoms with E-state index >= 15 is 0 Å². The van der Waals surface area contributed by atoms with Crippen LogP contribution in [0.4, 0.5) is 0 Å². The third kappa shape index (κ3) is 3.68. The summed E-state index contributed by atoms with van der Waals surface area (Å²) in [5, 5.41) is 0.540. The summed E-state index contributed by atoms with van der Waals surface area (Å²) in [6, 6.07) is 3.80. The topological polar surface area (TPSA) is 22.1 Å². The summed E-state index contributed by atoms with van der Waals surface area (Å²) in [4.78, 5) is 4.07. The van der Waals surface area contributed by atoms with Gasteiger partial charge in [0.2, 0.25) is 0 Å². The molecule has 17 heavy (non-hydrogen) atoms. The summed E-state index contributed by atoms with van der Waals surface area (Å²) in [7, 11) is 0. The van der Waals surface area contributed by atoms with E-state index in [0.29, 0.717) is 17.9 Å². The number of hydrogen-bond donors (Lipinski definition) is 0. The van der Waals surface area contributed by atoms with Crippen LogP contribution >= 0.6 is 11.6 Å². The van der Waals surface area contributed by atoms with Crippen molar-refractivity contribution in [1.82, 2.24) is 4.98 Å². The lowest BCUT2D eigenvalue weighted by atomic mass is 9.85. The maximum Gasteiger partial charge on any atom is 0.129 e. The Labute approximate surface area is 108 Å². The van der Waals surface area contributed by atoms with Gasteiger partial charge in [-0.25, -0.2) is 4.98 Å².